The van der Waals surface area contributed by atoms with Gasteiger partial charge >= 0.3 is 0 Å². The van der Waals surface area contributed by atoms with Crippen molar-refractivity contribution in [2.24, 2.45) is 0 Å². The molecule has 0 aliphatic rings. The van der Waals surface area contributed by atoms with Crippen LogP contribution in [0.5, 0.6) is 0 Å². The van der Waals surface area contributed by atoms with E-state index in [9.17, 15) is 0 Å². The third-order valence-electron chi connectivity index (χ3n) is 2.48. The Bertz CT molecular complexity index is 706. The second-order valence-electron chi connectivity index (χ2n) is 3.46. The van der Waals surface area contributed by atoms with E-state index >= 15 is 0 Å². The first-order valence-electron chi connectivity index (χ1n) is 4.58. The molecule has 0 atom stereocenters. The van der Waals surface area contributed by atoms with Crippen LogP contribution in [0.2, 0.25) is 10.0 Å². The summed E-state index contributed by atoms with van der Waals surface area (Å²) in [5.74, 6) is 0. The summed E-state index contributed by atoms with van der Waals surface area (Å²) >= 11 is 15.6. The minimum atomic E-state index is 0.651. The molecule has 0 amide bonds. The molecule has 5 heteroatoms. The van der Waals surface area contributed by atoms with Crippen molar-refractivity contribution in [2.45, 2.75) is 0 Å². The van der Waals surface area contributed by atoms with Crippen LogP contribution in [-0.4, -0.2) is 9.97 Å². The molecule has 1 N–H and O–H groups in total. The maximum Gasteiger partial charge on any atom is 0.139 e. The maximum atomic E-state index is 6.25. The average molecular weight is 316 g/mol. The highest BCUT2D eigenvalue weighted by Crippen LogP contribution is 2.35. The quantitative estimate of drug-likeness (QED) is 0.635. The number of rotatable bonds is 0. The minimum Gasteiger partial charge on any atom is -0.339 e. The van der Waals surface area contributed by atoms with E-state index in [-0.39, 0.29) is 0 Å². The maximum absolute atomic E-state index is 6.25. The molecule has 0 unspecified atom stereocenters. The standard InChI is InChI=1S/C11H5BrCl2N2/c12-7-4-15-11-9(10(7)14)6-3-5(13)1-2-8(6)16-11/h1-4H,(H,15,16). The number of aromatic nitrogens is 2. The van der Waals surface area contributed by atoms with Gasteiger partial charge in [0.15, 0.2) is 0 Å². The fourth-order valence-electron chi connectivity index (χ4n) is 1.77. The Morgan fingerprint density at radius 1 is 1.25 bits per heavy atom. The Kier molecular flexibility index (Phi) is 2.35. The van der Waals surface area contributed by atoms with Crippen LogP contribution < -0.4 is 0 Å². The van der Waals surface area contributed by atoms with Crippen molar-refractivity contribution in [1.29, 1.82) is 0 Å². The molecule has 0 radical (unpaired) electrons. The number of pyridine rings is 1. The number of fused-ring (bicyclic) bond motifs is 3. The number of aromatic amines is 1. The SMILES string of the molecule is Clc1ccc2[nH]c3ncc(Br)c(Cl)c3c2c1. The van der Waals surface area contributed by atoms with Crippen molar-refractivity contribution in [3.8, 4) is 0 Å². The molecule has 2 aromatic heterocycles. The summed E-state index contributed by atoms with van der Waals surface area (Å²) in [6.07, 6.45) is 1.68. The van der Waals surface area contributed by atoms with E-state index in [0.717, 1.165) is 26.4 Å². The summed E-state index contributed by atoms with van der Waals surface area (Å²) in [7, 11) is 0. The van der Waals surface area contributed by atoms with Crippen molar-refractivity contribution in [3.05, 3.63) is 38.9 Å². The van der Waals surface area contributed by atoms with Crippen LogP contribution in [0.15, 0.2) is 28.9 Å². The van der Waals surface area contributed by atoms with Crippen molar-refractivity contribution >= 4 is 61.1 Å². The van der Waals surface area contributed by atoms with Gasteiger partial charge in [0.1, 0.15) is 5.65 Å². The Labute approximate surface area is 110 Å². The average Bonchev–Trinajstić information content (AvgIpc) is 2.62. The predicted octanol–water partition coefficient (Wildman–Crippen LogP) is 4.79. The summed E-state index contributed by atoms with van der Waals surface area (Å²) in [5, 5.41) is 3.22. The predicted molar refractivity (Wildman–Crippen MR) is 71.3 cm³/mol. The van der Waals surface area contributed by atoms with Gasteiger partial charge in [0.05, 0.1) is 9.50 Å². The topological polar surface area (TPSA) is 28.7 Å². The molecule has 0 fully saturated rings. The van der Waals surface area contributed by atoms with Gasteiger partial charge in [-0.3, -0.25) is 0 Å². The van der Waals surface area contributed by atoms with Crippen molar-refractivity contribution < 1.29 is 0 Å². The monoisotopic (exact) mass is 314 g/mol. The number of H-pyrrole nitrogens is 1. The number of halogens is 3. The van der Waals surface area contributed by atoms with Crippen LogP contribution in [0.1, 0.15) is 0 Å². The van der Waals surface area contributed by atoms with Gasteiger partial charge in [0.25, 0.3) is 0 Å². The first-order valence-corrected chi connectivity index (χ1v) is 6.12. The lowest BCUT2D eigenvalue weighted by atomic mass is 10.2. The number of benzene rings is 1. The Hall–Kier alpha value is -0.770. The normalized spacial score (nSPS) is 11.4. The lowest BCUT2D eigenvalue weighted by Gasteiger charge is -1.97. The summed E-state index contributed by atoms with van der Waals surface area (Å²) < 4.78 is 0.780. The molecular formula is C11H5BrCl2N2. The van der Waals surface area contributed by atoms with Crippen molar-refractivity contribution in [3.63, 3.8) is 0 Å². The lowest BCUT2D eigenvalue weighted by Crippen LogP contribution is -1.77. The number of hydrogen-bond acceptors (Lipinski definition) is 1. The molecule has 2 nitrogen and oxygen atoms in total. The second-order valence-corrected chi connectivity index (χ2v) is 5.13. The molecule has 1 aromatic carbocycles. The van der Waals surface area contributed by atoms with Crippen molar-refractivity contribution in [2.75, 3.05) is 0 Å². The van der Waals surface area contributed by atoms with Gasteiger partial charge in [-0.05, 0) is 34.1 Å². The Morgan fingerprint density at radius 3 is 2.88 bits per heavy atom. The van der Waals surface area contributed by atoms with Gasteiger partial charge in [-0.25, -0.2) is 4.98 Å². The van der Waals surface area contributed by atoms with Gasteiger partial charge in [0.2, 0.25) is 0 Å². The zero-order valence-corrected chi connectivity index (χ0v) is 11.0. The molecule has 16 heavy (non-hydrogen) atoms. The number of nitrogens with zero attached hydrogens (tertiary/aromatic N) is 1. The summed E-state index contributed by atoms with van der Waals surface area (Å²) in [6, 6.07) is 5.64. The molecule has 0 saturated heterocycles. The van der Waals surface area contributed by atoms with Crippen LogP contribution >= 0.6 is 39.1 Å². The fraction of sp³-hybridized carbons (Fsp3) is 0. The smallest absolute Gasteiger partial charge is 0.139 e. The molecule has 0 spiro atoms. The zero-order valence-electron chi connectivity index (χ0n) is 7.89. The molecule has 0 aliphatic heterocycles. The summed E-state index contributed by atoms with van der Waals surface area (Å²) in [4.78, 5) is 7.48. The highest BCUT2D eigenvalue weighted by molar-refractivity contribution is 9.10. The van der Waals surface area contributed by atoms with E-state index in [1.54, 1.807) is 6.20 Å². The molecule has 3 aromatic rings. The van der Waals surface area contributed by atoms with E-state index in [1.807, 2.05) is 18.2 Å². The molecule has 0 bridgehead atoms. The largest absolute Gasteiger partial charge is 0.339 e. The molecular weight excluding hydrogens is 311 g/mol. The third-order valence-corrected chi connectivity index (χ3v) is 3.93. The van der Waals surface area contributed by atoms with Gasteiger partial charge in [0, 0.05) is 27.5 Å². The highest BCUT2D eigenvalue weighted by atomic mass is 79.9. The number of hydrogen-bond donors (Lipinski definition) is 1. The van der Waals surface area contributed by atoms with E-state index in [0.29, 0.717) is 10.0 Å². The van der Waals surface area contributed by atoms with E-state index in [2.05, 4.69) is 25.9 Å². The van der Waals surface area contributed by atoms with Crippen LogP contribution in [0.3, 0.4) is 0 Å². The third kappa shape index (κ3) is 1.43. The van der Waals surface area contributed by atoms with Gasteiger partial charge < -0.3 is 4.98 Å². The van der Waals surface area contributed by atoms with Crippen LogP contribution in [0.4, 0.5) is 0 Å². The lowest BCUT2D eigenvalue weighted by molar-refractivity contribution is 1.33. The minimum absolute atomic E-state index is 0.651. The molecule has 2 heterocycles. The van der Waals surface area contributed by atoms with E-state index < -0.39 is 0 Å². The zero-order chi connectivity index (χ0) is 11.3. The molecule has 0 saturated carbocycles. The summed E-state index contributed by atoms with van der Waals surface area (Å²) in [5.41, 5.74) is 1.75. The van der Waals surface area contributed by atoms with Crippen LogP contribution in [0, 0.1) is 0 Å². The van der Waals surface area contributed by atoms with Gasteiger partial charge in [-0.2, -0.15) is 0 Å². The highest BCUT2D eigenvalue weighted by Gasteiger charge is 2.11. The Morgan fingerprint density at radius 2 is 2.06 bits per heavy atom. The first kappa shape index (κ1) is 10.4. The Balaban J connectivity index is 2.60. The molecule has 3 rings (SSSR count). The first-order chi connectivity index (χ1) is 7.66. The van der Waals surface area contributed by atoms with E-state index in [1.165, 1.54) is 0 Å². The van der Waals surface area contributed by atoms with E-state index in [4.69, 9.17) is 23.2 Å². The molecule has 80 valence electrons. The van der Waals surface area contributed by atoms with Crippen LogP contribution in [0.25, 0.3) is 21.9 Å². The molecule has 0 aliphatic carbocycles. The van der Waals surface area contributed by atoms with Gasteiger partial charge in [-0.15, -0.1) is 0 Å². The second kappa shape index (κ2) is 3.62. The fourth-order valence-corrected chi connectivity index (χ4v) is 2.48. The van der Waals surface area contributed by atoms with Crippen LogP contribution in [-0.2, 0) is 0 Å². The number of nitrogens with one attached hydrogen (secondary N) is 1. The summed E-state index contributed by atoms with van der Waals surface area (Å²) in [6.45, 7) is 0. The van der Waals surface area contributed by atoms with Crippen molar-refractivity contribution in [1.82, 2.24) is 9.97 Å². The van der Waals surface area contributed by atoms with Gasteiger partial charge in [-0.1, -0.05) is 23.2 Å².